The summed E-state index contributed by atoms with van der Waals surface area (Å²) in [6.07, 6.45) is 0.611. The number of aliphatic carboxylic acids is 1. The Balaban J connectivity index is 2.73. The Kier molecular flexibility index (Phi) is 5.65. The molecule has 1 aromatic rings. The second-order valence-electron chi connectivity index (χ2n) is 4.12. The first-order chi connectivity index (χ1) is 8.02. The maximum atomic E-state index is 11.3. The number of hydrogen-bond donors (Lipinski definition) is 1. The van der Waals surface area contributed by atoms with Crippen molar-refractivity contribution in [1.82, 2.24) is 0 Å². The van der Waals surface area contributed by atoms with E-state index in [-0.39, 0.29) is 6.10 Å². The van der Waals surface area contributed by atoms with Gasteiger partial charge in [0, 0.05) is 11.1 Å². The molecule has 0 heterocycles. The number of rotatable bonds is 6. The molecule has 1 unspecified atom stereocenters. The van der Waals surface area contributed by atoms with Crippen LogP contribution in [0.3, 0.4) is 0 Å². The predicted molar refractivity (Wildman–Crippen MR) is 70.2 cm³/mol. The third-order valence-corrected chi connectivity index (χ3v) is 3.16. The Morgan fingerprint density at radius 3 is 2.59 bits per heavy atom. The van der Waals surface area contributed by atoms with E-state index in [1.807, 2.05) is 38.1 Å². The van der Waals surface area contributed by atoms with Crippen LogP contribution in [0.25, 0.3) is 0 Å². The van der Waals surface area contributed by atoms with Gasteiger partial charge in [-0.15, -0.1) is 0 Å². The van der Waals surface area contributed by atoms with E-state index in [9.17, 15) is 9.90 Å². The fraction of sp³-hybridized carbons (Fsp3) is 0.462. The van der Waals surface area contributed by atoms with E-state index in [1.165, 1.54) is 0 Å². The van der Waals surface area contributed by atoms with Gasteiger partial charge >= 0.3 is 5.97 Å². The second-order valence-corrected chi connectivity index (χ2v) is 4.97. The van der Waals surface area contributed by atoms with Crippen molar-refractivity contribution in [2.24, 2.45) is 0 Å². The summed E-state index contributed by atoms with van der Waals surface area (Å²) in [5, 5.41) is 9.24. The molecule has 0 aliphatic rings. The zero-order valence-corrected chi connectivity index (χ0v) is 11.6. The van der Waals surface area contributed by atoms with Crippen molar-refractivity contribution in [1.29, 1.82) is 0 Å². The molecule has 0 saturated heterocycles. The molecule has 0 aliphatic carbocycles. The molecule has 94 valence electrons. The van der Waals surface area contributed by atoms with Gasteiger partial charge < -0.3 is 9.84 Å². The van der Waals surface area contributed by atoms with Gasteiger partial charge in [-0.1, -0.05) is 34.1 Å². The van der Waals surface area contributed by atoms with Crippen LogP contribution in [-0.4, -0.2) is 23.8 Å². The number of carboxylic acids is 1. The highest BCUT2D eigenvalue weighted by Gasteiger charge is 2.21. The molecule has 17 heavy (non-hydrogen) atoms. The topological polar surface area (TPSA) is 46.5 Å². The minimum absolute atomic E-state index is 0.128. The van der Waals surface area contributed by atoms with Gasteiger partial charge in [-0.3, -0.25) is 4.79 Å². The number of carboxylic acid groups (broad SMARTS) is 1. The van der Waals surface area contributed by atoms with E-state index in [2.05, 4.69) is 15.9 Å². The van der Waals surface area contributed by atoms with Crippen LogP contribution in [0.5, 0.6) is 0 Å². The monoisotopic (exact) mass is 300 g/mol. The lowest BCUT2D eigenvalue weighted by molar-refractivity contribution is -0.139. The van der Waals surface area contributed by atoms with Crippen LogP contribution < -0.4 is 0 Å². The average molecular weight is 301 g/mol. The van der Waals surface area contributed by atoms with Gasteiger partial charge in [0.15, 0.2) is 0 Å². The first kappa shape index (κ1) is 14.2. The van der Waals surface area contributed by atoms with Crippen LogP contribution in [0.15, 0.2) is 28.7 Å². The molecule has 1 rings (SSSR count). The van der Waals surface area contributed by atoms with Gasteiger partial charge in [0.05, 0.1) is 12.0 Å². The normalized spacial score (nSPS) is 12.7. The van der Waals surface area contributed by atoms with Crippen LogP contribution in [0.1, 0.15) is 31.7 Å². The number of halogens is 1. The molecule has 0 fully saturated rings. The Hall–Kier alpha value is -0.870. The summed E-state index contributed by atoms with van der Waals surface area (Å²) in [4.78, 5) is 11.3. The summed E-state index contributed by atoms with van der Waals surface area (Å²) in [7, 11) is 0. The maximum absolute atomic E-state index is 11.3. The standard InChI is InChI=1S/C13H17BrO3/c1-9(2)17-8-7-11(13(15)16)10-5-3-4-6-12(10)14/h3-6,9,11H,7-8H2,1-2H3,(H,15,16). The zero-order chi connectivity index (χ0) is 12.8. The molecule has 4 heteroatoms. The molecule has 1 aromatic carbocycles. The lowest BCUT2D eigenvalue weighted by atomic mass is 9.96. The Labute approximate surface area is 110 Å². The van der Waals surface area contributed by atoms with Gasteiger partial charge in [0.25, 0.3) is 0 Å². The lowest BCUT2D eigenvalue weighted by Crippen LogP contribution is -2.16. The Morgan fingerprint density at radius 1 is 1.41 bits per heavy atom. The van der Waals surface area contributed by atoms with Crippen LogP contribution in [-0.2, 0) is 9.53 Å². The smallest absolute Gasteiger partial charge is 0.311 e. The van der Waals surface area contributed by atoms with Crippen molar-refractivity contribution in [3.8, 4) is 0 Å². The lowest BCUT2D eigenvalue weighted by Gasteiger charge is -2.15. The molecule has 1 N–H and O–H groups in total. The van der Waals surface area contributed by atoms with E-state index in [0.717, 1.165) is 10.0 Å². The van der Waals surface area contributed by atoms with Crippen molar-refractivity contribution in [2.75, 3.05) is 6.61 Å². The van der Waals surface area contributed by atoms with Gasteiger partial charge in [-0.25, -0.2) is 0 Å². The molecule has 0 saturated carbocycles. The molecule has 0 aliphatic heterocycles. The van der Waals surface area contributed by atoms with Gasteiger partial charge in [-0.05, 0) is 31.9 Å². The van der Waals surface area contributed by atoms with E-state index < -0.39 is 11.9 Å². The SMILES string of the molecule is CC(C)OCCC(C(=O)O)c1ccccc1Br. The van der Waals surface area contributed by atoms with Gasteiger partial charge in [-0.2, -0.15) is 0 Å². The third kappa shape index (κ3) is 4.48. The average Bonchev–Trinajstić information content (AvgIpc) is 2.25. The molecule has 0 spiro atoms. The molecular formula is C13H17BrO3. The molecule has 1 atom stereocenters. The zero-order valence-electron chi connectivity index (χ0n) is 10.0. The van der Waals surface area contributed by atoms with Gasteiger partial charge in [0.2, 0.25) is 0 Å². The summed E-state index contributed by atoms with van der Waals surface area (Å²) in [5.41, 5.74) is 0.798. The second kappa shape index (κ2) is 6.77. The highest BCUT2D eigenvalue weighted by molar-refractivity contribution is 9.10. The van der Waals surface area contributed by atoms with E-state index in [4.69, 9.17) is 4.74 Å². The highest BCUT2D eigenvalue weighted by Crippen LogP contribution is 2.27. The van der Waals surface area contributed by atoms with Crippen LogP contribution in [0.2, 0.25) is 0 Å². The summed E-state index contributed by atoms with van der Waals surface area (Å²) >= 11 is 3.38. The van der Waals surface area contributed by atoms with E-state index in [0.29, 0.717) is 13.0 Å². The predicted octanol–water partition coefficient (Wildman–Crippen LogP) is 3.43. The minimum atomic E-state index is -0.816. The van der Waals surface area contributed by atoms with Crippen molar-refractivity contribution >= 4 is 21.9 Å². The number of ether oxygens (including phenoxy) is 1. The van der Waals surface area contributed by atoms with Crippen LogP contribution in [0, 0.1) is 0 Å². The van der Waals surface area contributed by atoms with Crippen molar-refractivity contribution in [2.45, 2.75) is 32.3 Å². The summed E-state index contributed by atoms with van der Waals surface area (Å²) in [5.74, 6) is -1.34. The fourth-order valence-corrected chi connectivity index (χ4v) is 2.15. The number of carbonyl (C=O) groups is 1. The molecule has 0 aromatic heterocycles. The maximum Gasteiger partial charge on any atom is 0.311 e. The van der Waals surface area contributed by atoms with E-state index in [1.54, 1.807) is 0 Å². The van der Waals surface area contributed by atoms with Crippen molar-refractivity contribution < 1.29 is 14.6 Å². The Morgan fingerprint density at radius 2 is 2.06 bits per heavy atom. The highest BCUT2D eigenvalue weighted by atomic mass is 79.9. The molecule has 0 bridgehead atoms. The molecular weight excluding hydrogens is 284 g/mol. The van der Waals surface area contributed by atoms with Crippen molar-refractivity contribution in [3.63, 3.8) is 0 Å². The quantitative estimate of drug-likeness (QED) is 0.875. The van der Waals surface area contributed by atoms with Crippen molar-refractivity contribution in [3.05, 3.63) is 34.3 Å². The third-order valence-electron chi connectivity index (χ3n) is 2.44. The first-order valence-corrected chi connectivity index (χ1v) is 6.40. The van der Waals surface area contributed by atoms with E-state index >= 15 is 0 Å². The number of hydrogen-bond acceptors (Lipinski definition) is 2. The van der Waals surface area contributed by atoms with Gasteiger partial charge in [0.1, 0.15) is 0 Å². The first-order valence-electron chi connectivity index (χ1n) is 5.61. The van der Waals surface area contributed by atoms with Crippen LogP contribution >= 0.6 is 15.9 Å². The summed E-state index contributed by atoms with van der Waals surface area (Å²) in [6, 6.07) is 7.41. The molecule has 0 radical (unpaired) electrons. The summed E-state index contributed by atoms with van der Waals surface area (Å²) in [6.45, 7) is 4.33. The fourth-order valence-electron chi connectivity index (χ4n) is 1.59. The number of benzene rings is 1. The summed E-state index contributed by atoms with van der Waals surface area (Å²) < 4.78 is 6.24. The molecule has 3 nitrogen and oxygen atoms in total. The van der Waals surface area contributed by atoms with Crippen LogP contribution in [0.4, 0.5) is 0 Å². The minimum Gasteiger partial charge on any atom is -0.481 e. The Bertz CT molecular complexity index is 377. The largest absolute Gasteiger partial charge is 0.481 e. The molecule has 0 amide bonds.